The summed E-state index contributed by atoms with van der Waals surface area (Å²) in [7, 11) is 0. The van der Waals surface area contributed by atoms with Crippen LogP contribution in [0.15, 0.2) is 58.0 Å². The normalized spacial score (nSPS) is 11.2. The molecule has 9 heteroatoms. The molecule has 8 nitrogen and oxygen atoms in total. The number of nitrogens with zero attached hydrogens (tertiary/aromatic N) is 2. The topological polar surface area (TPSA) is 106 Å². The predicted octanol–water partition coefficient (Wildman–Crippen LogP) is 2.63. The van der Waals surface area contributed by atoms with Gasteiger partial charge in [-0.15, -0.1) is 0 Å². The molecule has 3 rings (SSSR count). The molecule has 0 fully saturated rings. The second-order valence-corrected chi connectivity index (χ2v) is 7.80. The molecule has 0 aliphatic carbocycles. The van der Waals surface area contributed by atoms with Gasteiger partial charge in [0.2, 0.25) is 5.91 Å². The lowest BCUT2D eigenvalue weighted by Gasteiger charge is -2.26. The van der Waals surface area contributed by atoms with E-state index in [1.807, 2.05) is 13.8 Å². The van der Waals surface area contributed by atoms with Crippen LogP contribution < -0.4 is 16.2 Å². The maximum Gasteiger partial charge on any atom is 0.252 e. The molecule has 0 saturated heterocycles. The Bertz CT molecular complexity index is 1170. The Morgan fingerprint density at radius 3 is 2.61 bits per heavy atom. The van der Waals surface area contributed by atoms with E-state index in [0.29, 0.717) is 11.3 Å². The first-order valence-electron chi connectivity index (χ1n) is 9.62. The molecule has 0 aliphatic heterocycles. The minimum Gasteiger partial charge on any atom is -0.360 e. The number of hydrogen-bond acceptors (Lipinski definition) is 5. The van der Waals surface area contributed by atoms with Crippen LogP contribution in [0.4, 0.5) is 10.2 Å². The molecule has 2 amide bonds. The Labute approximate surface area is 178 Å². The van der Waals surface area contributed by atoms with E-state index in [-0.39, 0.29) is 30.3 Å². The lowest BCUT2D eigenvalue weighted by molar-refractivity contribution is -0.116. The highest BCUT2D eigenvalue weighted by Crippen LogP contribution is 2.24. The number of anilines is 1. The van der Waals surface area contributed by atoms with Crippen LogP contribution >= 0.6 is 0 Å². The van der Waals surface area contributed by atoms with E-state index in [9.17, 15) is 18.8 Å². The fourth-order valence-corrected chi connectivity index (χ4v) is 3.06. The van der Waals surface area contributed by atoms with Crippen molar-refractivity contribution in [3.8, 4) is 0 Å². The van der Waals surface area contributed by atoms with Crippen LogP contribution in [0.25, 0.3) is 0 Å². The first-order chi connectivity index (χ1) is 14.7. The highest BCUT2D eigenvalue weighted by molar-refractivity contribution is 5.94. The summed E-state index contributed by atoms with van der Waals surface area (Å²) in [5, 5.41) is 8.94. The van der Waals surface area contributed by atoms with Crippen LogP contribution in [0.2, 0.25) is 0 Å². The summed E-state index contributed by atoms with van der Waals surface area (Å²) >= 11 is 0. The number of pyridine rings is 1. The number of nitrogens with one attached hydrogen (secondary N) is 2. The van der Waals surface area contributed by atoms with E-state index < -0.39 is 22.8 Å². The lowest BCUT2D eigenvalue weighted by atomic mass is 9.84. The van der Waals surface area contributed by atoms with E-state index in [1.165, 1.54) is 24.4 Å². The molecule has 1 aromatic carbocycles. The molecule has 0 spiro atoms. The zero-order valence-electron chi connectivity index (χ0n) is 17.4. The maximum atomic E-state index is 14.1. The Kier molecular flexibility index (Phi) is 6.33. The van der Waals surface area contributed by atoms with Crippen LogP contribution in [-0.4, -0.2) is 28.1 Å². The third kappa shape index (κ3) is 5.44. The average Bonchev–Trinajstić information content (AvgIpc) is 3.12. The van der Waals surface area contributed by atoms with Crippen LogP contribution in [-0.2, 0) is 16.8 Å². The average molecular weight is 426 g/mol. The number of aryl methyl sites for hydroxylation is 1. The third-order valence-corrected chi connectivity index (χ3v) is 4.75. The van der Waals surface area contributed by atoms with Crippen molar-refractivity contribution < 1.29 is 18.5 Å². The van der Waals surface area contributed by atoms with E-state index in [1.54, 1.807) is 31.2 Å². The van der Waals surface area contributed by atoms with Crippen molar-refractivity contribution in [2.45, 2.75) is 32.7 Å². The van der Waals surface area contributed by atoms with Gasteiger partial charge in [-0.2, -0.15) is 0 Å². The van der Waals surface area contributed by atoms with Crippen LogP contribution in [0.1, 0.15) is 35.5 Å². The van der Waals surface area contributed by atoms with E-state index >= 15 is 0 Å². The largest absolute Gasteiger partial charge is 0.360 e. The van der Waals surface area contributed by atoms with Crippen molar-refractivity contribution in [3.05, 3.63) is 81.7 Å². The lowest BCUT2D eigenvalue weighted by Crippen LogP contribution is -2.38. The van der Waals surface area contributed by atoms with Gasteiger partial charge < -0.3 is 19.7 Å². The van der Waals surface area contributed by atoms with Gasteiger partial charge in [0, 0.05) is 30.3 Å². The van der Waals surface area contributed by atoms with Gasteiger partial charge in [0.05, 0.1) is 5.56 Å². The molecule has 2 N–H and O–H groups in total. The van der Waals surface area contributed by atoms with Gasteiger partial charge in [0.15, 0.2) is 5.82 Å². The molecular formula is C22H23FN4O4. The number of aromatic nitrogens is 2. The van der Waals surface area contributed by atoms with E-state index in [0.717, 1.165) is 4.57 Å². The smallest absolute Gasteiger partial charge is 0.252 e. The molecule has 2 aromatic heterocycles. The number of amides is 2. The molecule has 3 aromatic rings. The van der Waals surface area contributed by atoms with Crippen LogP contribution in [0.5, 0.6) is 0 Å². The monoisotopic (exact) mass is 426 g/mol. The Balaban J connectivity index is 1.67. The van der Waals surface area contributed by atoms with Crippen LogP contribution in [0, 0.1) is 12.7 Å². The first-order valence-corrected chi connectivity index (χ1v) is 9.62. The summed E-state index contributed by atoms with van der Waals surface area (Å²) < 4.78 is 20.1. The summed E-state index contributed by atoms with van der Waals surface area (Å²) in [5.41, 5.74) is -0.394. The molecule has 2 heterocycles. The van der Waals surface area contributed by atoms with Crippen molar-refractivity contribution >= 4 is 17.6 Å². The van der Waals surface area contributed by atoms with Crippen molar-refractivity contribution in [2.75, 3.05) is 11.9 Å². The minimum atomic E-state index is -0.648. The fourth-order valence-electron chi connectivity index (χ4n) is 3.06. The molecular weight excluding hydrogens is 403 g/mol. The highest BCUT2D eigenvalue weighted by atomic mass is 19.1. The van der Waals surface area contributed by atoms with Gasteiger partial charge in [-0.1, -0.05) is 37.2 Å². The van der Waals surface area contributed by atoms with Gasteiger partial charge in [-0.3, -0.25) is 14.4 Å². The Morgan fingerprint density at radius 1 is 1.19 bits per heavy atom. The molecule has 0 unspecified atom stereocenters. The number of hydrogen-bond donors (Lipinski definition) is 2. The number of halogens is 1. The minimum absolute atomic E-state index is 0.178. The summed E-state index contributed by atoms with van der Waals surface area (Å²) in [4.78, 5) is 36.9. The summed E-state index contributed by atoms with van der Waals surface area (Å²) in [5.74, 6) is -0.507. The van der Waals surface area contributed by atoms with Gasteiger partial charge in [0.25, 0.3) is 11.5 Å². The van der Waals surface area contributed by atoms with Crippen molar-refractivity contribution in [1.82, 2.24) is 15.0 Å². The highest BCUT2D eigenvalue weighted by Gasteiger charge is 2.25. The molecule has 162 valence electrons. The van der Waals surface area contributed by atoms with Gasteiger partial charge in [0.1, 0.15) is 18.1 Å². The SMILES string of the molecule is Cc1cc(NC(=O)Cn2cc(C(=O)NCC(C)(C)c3ccccc3F)ccc2=O)no1. The van der Waals surface area contributed by atoms with Crippen LogP contribution in [0.3, 0.4) is 0 Å². The molecule has 0 bridgehead atoms. The maximum absolute atomic E-state index is 14.1. The van der Waals surface area contributed by atoms with E-state index in [4.69, 9.17) is 4.52 Å². The zero-order valence-corrected chi connectivity index (χ0v) is 17.4. The number of rotatable bonds is 7. The molecule has 0 aliphatic rings. The number of carbonyl (C=O) groups is 2. The third-order valence-electron chi connectivity index (χ3n) is 4.75. The second kappa shape index (κ2) is 8.95. The Hall–Kier alpha value is -3.75. The fraction of sp³-hybridized carbons (Fsp3) is 0.273. The van der Waals surface area contributed by atoms with E-state index in [2.05, 4.69) is 15.8 Å². The molecule has 0 atom stereocenters. The quantitative estimate of drug-likeness (QED) is 0.604. The summed E-state index contributed by atoms with van der Waals surface area (Å²) in [6.45, 7) is 5.21. The molecule has 0 saturated carbocycles. The zero-order chi connectivity index (χ0) is 22.6. The molecule has 0 radical (unpaired) electrons. The second-order valence-electron chi connectivity index (χ2n) is 7.80. The standard InChI is InChI=1S/C22H23FN4O4/c1-14-10-18(26-31-14)25-19(28)12-27-11-15(8-9-20(27)29)21(30)24-13-22(2,3)16-6-4-5-7-17(16)23/h4-11H,12-13H2,1-3H3,(H,24,30)(H,25,26,28). The summed E-state index contributed by atoms with van der Waals surface area (Å²) in [6, 6.07) is 10.5. The first kappa shape index (κ1) is 21.9. The van der Waals surface area contributed by atoms with Gasteiger partial charge in [-0.25, -0.2) is 4.39 Å². The van der Waals surface area contributed by atoms with Gasteiger partial charge >= 0.3 is 0 Å². The van der Waals surface area contributed by atoms with Gasteiger partial charge in [-0.05, 0) is 24.6 Å². The molecule has 31 heavy (non-hydrogen) atoms. The number of carbonyl (C=O) groups excluding carboxylic acids is 2. The van der Waals surface area contributed by atoms with Crippen molar-refractivity contribution in [1.29, 1.82) is 0 Å². The van der Waals surface area contributed by atoms with Crippen molar-refractivity contribution in [2.24, 2.45) is 0 Å². The summed E-state index contributed by atoms with van der Waals surface area (Å²) in [6.07, 6.45) is 1.31. The Morgan fingerprint density at radius 2 is 1.94 bits per heavy atom. The number of benzene rings is 1. The predicted molar refractivity (Wildman–Crippen MR) is 112 cm³/mol. The van der Waals surface area contributed by atoms with Crippen molar-refractivity contribution in [3.63, 3.8) is 0 Å².